The summed E-state index contributed by atoms with van der Waals surface area (Å²) in [6, 6.07) is 0. The van der Waals surface area contributed by atoms with E-state index in [0.717, 1.165) is 4.40 Å². The second kappa shape index (κ2) is 2.88. The van der Waals surface area contributed by atoms with Gasteiger partial charge in [0.2, 0.25) is 5.82 Å². The van der Waals surface area contributed by atoms with Gasteiger partial charge in [0.1, 0.15) is 5.15 Å². The van der Waals surface area contributed by atoms with Crippen LogP contribution in [0.25, 0.3) is 5.65 Å². The van der Waals surface area contributed by atoms with Crippen LogP contribution in [0.5, 0.6) is 0 Å². The summed E-state index contributed by atoms with van der Waals surface area (Å²) in [7, 11) is 0. The van der Waals surface area contributed by atoms with E-state index in [4.69, 9.17) is 11.6 Å². The van der Waals surface area contributed by atoms with Crippen LogP contribution in [-0.2, 0) is 0 Å². The second-order valence-electron chi connectivity index (χ2n) is 2.28. The molecule has 2 heterocycles. The molecule has 0 saturated heterocycles. The molecule has 2 aromatic rings. The van der Waals surface area contributed by atoms with Crippen molar-refractivity contribution in [2.45, 2.75) is 6.43 Å². The summed E-state index contributed by atoms with van der Waals surface area (Å²) in [5.74, 6) is -0.470. The number of aromatic nitrogens is 4. The summed E-state index contributed by atoms with van der Waals surface area (Å²) in [5, 5.41) is 6.85. The minimum atomic E-state index is -2.70. The van der Waals surface area contributed by atoms with Crippen molar-refractivity contribution >= 4 is 17.2 Å². The average Bonchev–Trinajstić information content (AvgIpc) is 2.49. The Balaban J connectivity index is 2.79. The van der Waals surface area contributed by atoms with E-state index < -0.39 is 12.2 Å². The van der Waals surface area contributed by atoms with Crippen LogP contribution in [0.2, 0.25) is 5.15 Å². The van der Waals surface area contributed by atoms with Crippen LogP contribution >= 0.6 is 11.6 Å². The maximum absolute atomic E-state index is 12.3. The Labute approximate surface area is 76.2 Å². The highest BCUT2D eigenvalue weighted by atomic mass is 35.5. The first kappa shape index (κ1) is 8.31. The zero-order valence-electron chi connectivity index (χ0n) is 6.15. The van der Waals surface area contributed by atoms with Crippen molar-refractivity contribution in [3.63, 3.8) is 0 Å². The van der Waals surface area contributed by atoms with Gasteiger partial charge in [-0.05, 0) is 0 Å². The number of rotatable bonds is 1. The van der Waals surface area contributed by atoms with E-state index in [-0.39, 0.29) is 10.8 Å². The first-order valence-corrected chi connectivity index (χ1v) is 3.70. The van der Waals surface area contributed by atoms with Gasteiger partial charge in [0.15, 0.2) is 5.65 Å². The van der Waals surface area contributed by atoms with Crippen LogP contribution in [0.3, 0.4) is 0 Å². The van der Waals surface area contributed by atoms with Crippen LogP contribution in [0, 0.1) is 0 Å². The summed E-state index contributed by atoms with van der Waals surface area (Å²) in [6.45, 7) is 0. The number of nitrogens with zero attached hydrogens (tertiary/aromatic N) is 4. The zero-order valence-corrected chi connectivity index (χ0v) is 6.91. The molecule has 68 valence electrons. The van der Waals surface area contributed by atoms with Gasteiger partial charge in [0, 0.05) is 0 Å². The monoisotopic (exact) mass is 204 g/mol. The molecule has 0 bridgehead atoms. The molecule has 0 spiro atoms. The van der Waals surface area contributed by atoms with Crippen LogP contribution in [-0.4, -0.2) is 19.6 Å². The highest BCUT2D eigenvalue weighted by molar-refractivity contribution is 6.29. The van der Waals surface area contributed by atoms with Crippen molar-refractivity contribution in [3.8, 4) is 0 Å². The van der Waals surface area contributed by atoms with Gasteiger partial charge in [-0.15, -0.1) is 10.2 Å². The molecule has 4 nitrogen and oxygen atoms in total. The third-order valence-corrected chi connectivity index (χ3v) is 1.76. The molecule has 2 aromatic heterocycles. The molecule has 0 saturated carbocycles. The van der Waals surface area contributed by atoms with Gasteiger partial charge >= 0.3 is 0 Å². The van der Waals surface area contributed by atoms with Crippen molar-refractivity contribution in [3.05, 3.63) is 23.4 Å². The van der Waals surface area contributed by atoms with Crippen molar-refractivity contribution in [2.24, 2.45) is 0 Å². The molecule has 7 heteroatoms. The van der Waals surface area contributed by atoms with E-state index in [9.17, 15) is 8.78 Å². The predicted molar refractivity (Wildman–Crippen MR) is 40.7 cm³/mol. The summed E-state index contributed by atoms with van der Waals surface area (Å²) >= 11 is 5.63. The molecular weight excluding hydrogens is 202 g/mol. The number of hydrogen-bond acceptors (Lipinski definition) is 3. The molecular formula is C6H3ClF2N4. The molecule has 0 atom stereocenters. The molecule has 0 unspecified atom stereocenters. The third-order valence-electron chi connectivity index (χ3n) is 1.49. The molecule has 0 N–H and O–H groups in total. The average molecular weight is 205 g/mol. The first-order valence-electron chi connectivity index (χ1n) is 3.33. The van der Waals surface area contributed by atoms with Gasteiger partial charge in [-0.1, -0.05) is 11.6 Å². The number of hydrogen-bond donors (Lipinski definition) is 0. The lowest BCUT2D eigenvalue weighted by Crippen LogP contribution is -1.96. The lowest BCUT2D eigenvalue weighted by Gasteiger charge is -1.98. The molecule has 0 amide bonds. The van der Waals surface area contributed by atoms with E-state index in [2.05, 4.69) is 15.2 Å². The van der Waals surface area contributed by atoms with E-state index in [0.29, 0.717) is 0 Å². The van der Waals surface area contributed by atoms with Crippen molar-refractivity contribution < 1.29 is 8.78 Å². The lowest BCUT2D eigenvalue weighted by molar-refractivity contribution is 0.139. The van der Waals surface area contributed by atoms with Crippen LogP contribution in [0.15, 0.2) is 12.4 Å². The summed E-state index contributed by atoms with van der Waals surface area (Å²) < 4.78 is 25.7. The van der Waals surface area contributed by atoms with Crippen molar-refractivity contribution in [1.29, 1.82) is 0 Å². The Morgan fingerprint density at radius 3 is 2.77 bits per heavy atom. The lowest BCUT2D eigenvalue weighted by atomic mass is 10.6. The number of alkyl halides is 2. The smallest absolute Gasteiger partial charge is 0.261 e. The summed E-state index contributed by atoms with van der Waals surface area (Å²) in [6.07, 6.45) is -0.135. The molecule has 0 aliphatic heterocycles. The Kier molecular flexibility index (Phi) is 1.84. The highest BCUT2D eigenvalue weighted by Gasteiger charge is 2.17. The zero-order chi connectivity index (χ0) is 9.42. The number of fused-ring (bicyclic) bond motifs is 1. The first-order chi connectivity index (χ1) is 6.20. The van der Waals surface area contributed by atoms with Gasteiger partial charge in [-0.25, -0.2) is 8.78 Å². The Bertz CT molecular complexity index is 441. The van der Waals surface area contributed by atoms with E-state index in [1.54, 1.807) is 0 Å². The van der Waals surface area contributed by atoms with Crippen molar-refractivity contribution in [1.82, 2.24) is 19.6 Å². The molecule has 0 fully saturated rings. The molecule has 2 rings (SSSR count). The standard InChI is InChI=1S/C6H3ClF2N4/c7-3-1-10-2-4-11-12-6(5(8)9)13(3)4/h1-2,5H. The van der Waals surface area contributed by atoms with E-state index in [1.165, 1.54) is 12.4 Å². The van der Waals surface area contributed by atoms with E-state index >= 15 is 0 Å². The van der Waals surface area contributed by atoms with Crippen LogP contribution in [0.4, 0.5) is 8.78 Å². The van der Waals surface area contributed by atoms with Crippen LogP contribution < -0.4 is 0 Å². The Hall–Kier alpha value is -1.30. The predicted octanol–water partition coefficient (Wildman–Crippen LogP) is 1.72. The molecule has 13 heavy (non-hydrogen) atoms. The fraction of sp³-hybridized carbons (Fsp3) is 0.167. The summed E-state index contributed by atoms with van der Waals surface area (Å²) in [5.41, 5.74) is 0.211. The van der Waals surface area contributed by atoms with E-state index in [1.807, 2.05) is 0 Å². The van der Waals surface area contributed by atoms with Gasteiger partial charge in [-0.2, -0.15) is 0 Å². The van der Waals surface area contributed by atoms with Crippen LogP contribution in [0.1, 0.15) is 12.2 Å². The van der Waals surface area contributed by atoms with Gasteiger partial charge in [0.05, 0.1) is 12.4 Å². The maximum atomic E-state index is 12.3. The van der Waals surface area contributed by atoms with Gasteiger partial charge in [0.25, 0.3) is 6.43 Å². The van der Waals surface area contributed by atoms with Gasteiger partial charge < -0.3 is 0 Å². The quantitative estimate of drug-likeness (QED) is 0.710. The fourth-order valence-corrected chi connectivity index (χ4v) is 1.21. The topological polar surface area (TPSA) is 43.1 Å². The molecule has 0 aromatic carbocycles. The molecule has 0 aliphatic rings. The maximum Gasteiger partial charge on any atom is 0.297 e. The van der Waals surface area contributed by atoms with Gasteiger partial charge in [-0.3, -0.25) is 9.38 Å². The Morgan fingerprint density at radius 1 is 1.31 bits per heavy atom. The summed E-state index contributed by atoms with van der Waals surface area (Å²) in [4.78, 5) is 3.68. The molecule has 0 radical (unpaired) electrons. The largest absolute Gasteiger partial charge is 0.297 e. The Morgan fingerprint density at radius 2 is 2.08 bits per heavy atom. The molecule has 0 aliphatic carbocycles. The second-order valence-corrected chi connectivity index (χ2v) is 2.67. The SMILES string of the molecule is FC(F)c1nnc2cncc(Cl)n12. The third kappa shape index (κ3) is 1.23. The normalized spacial score (nSPS) is 11.4. The minimum Gasteiger partial charge on any atom is -0.261 e. The fourth-order valence-electron chi connectivity index (χ4n) is 0.976. The number of halogens is 3. The van der Waals surface area contributed by atoms with Crippen molar-refractivity contribution in [2.75, 3.05) is 0 Å². The minimum absolute atomic E-state index is 0.0674. The highest BCUT2D eigenvalue weighted by Crippen LogP contribution is 2.20.